The number of rotatable bonds is 2. The summed E-state index contributed by atoms with van der Waals surface area (Å²) in [6.07, 6.45) is 6.98. The molecule has 22 heavy (non-hydrogen) atoms. The molecule has 2 aromatic rings. The maximum atomic E-state index is 12.0. The first-order chi connectivity index (χ1) is 10.2. The van der Waals surface area contributed by atoms with Crippen LogP contribution in [-0.4, -0.2) is 53.5 Å². The molecule has 0 atom stereocenters. The number of nitrogens with zero attached hydrogens (tertiary/aromatic N) is 4. The number of aromatic nitrogens is 2. The summed E-state index contributed by atoms with van der Waals surface area (Å²) in [6.45, 7) is 7.85. The number of aryl methyl sites for hydroxylation is 1. The minimum absolute atomic E-state index is 0.438. The molecule has 7 heteroatoms. The average Bonchev–Trinajstić information content (AvgIpc) is 2.82. The van der Waals surface area contributed by atoms with Crippen LogP contribution in [0.25, 0.3) is 5.52 Å². The van der Waals surface area contributed by atoms with E-state index < -0.39 is 15.6 Å². The van der Waals surface area contributed by atoms with Crippen molar-refractivity contribution in [2.75, 3.05) is 30.8 Å². The highest BCUT2D eigenvalue weighted by molar-refractivity contribution is 7.88. The second-order valence-corrected chi connectivity index (χ2v) is 8.56. The molecule has 3 rings (SSSR count). The van der Waals surface area contributed by atoms with Gasteiger partial charge in [-0.05, 0) is 32.4 Å². The summed E-state index contributed by atoms with van der Waals surface area (Å²) in [5.74, 6) is 0. The summed E-state index contributed by atoms with van der Waals surface area (Å²) in [7, 11) is -3.19. The molecule has 0 amide bonds. The Hall–Kier alpha value is -1.60. The van der Waals surface area contributed by atoms with Crippen LogP contribution in [0.3, 0.4) is 0 Å². The van der Waals surface area contributed by atoms with E-state index in [4.69, 9.17) is 0 Å². The third-order valence-corrected chi connectivity index (χ3v) is 5.68. The highest BCUT2D eigenvalue weighted by Gasteiger charge is 2.39. The summed E-state index contributed by atoms with van der Waals surface area (Å²) in [5, 5.41) is 0. The quantitative estimate of drug-likeness (QED) is 0.841. The fourth-order valence-electron chi connectivity index (χ4n) is 3.36. The van der Waals surface area contributed by atoms with Crippen LogP contribution in [0, 0.1) is 6.92 Å². The van der Waals surface area contributed by atoms with Crippen molar-refractivity contribution in [3.05, 3.63) is 30.4 Å². The van der Waals surface area contributed by atoms with Crippen molar-refractivity contribution in [1.82, 2.24) is 13.7 Å². The minimum atomic E-state index is -3.19. The van der Waals surface area contributed by atoms with E-state index in [9.17, 15) is 8.42 Å². The molecule has 1 saturated heterocycles. The van der Waals surface area contributed by atoms with Gasteiger partial charge in [-0.15, -0.1) is 0 Å². The van der Waals surface area contributed by atoms with Gasteiger partial charge < -0.3 is 9.30 Å². The molecule has 0 bridgehead atoms. The van der Waals surface area contributed by atoms with Gasteiger partial charge in [-0.25, -0.2) is 13.4 Å². The van der Waals surface area contributed by atoms with Crippen molar-refractivity contribution >= 4 is 21.2 Å². The molecule has 0 N–H and O–H groups in total. The minimum Gasteiger partial charge on any atom is -0.367 e. The molecule has 0 unspecified atom stereocenters. The van der Waals surface area contributed by atoms with Crippen LogP contribution in [0.4, 0.5) is 5.69 Å². The molecular weight excluding hydrogens is 300 g/mol. The van der Waals surface area contributed by atoms with E-state index in [0.717, 1.165) is 16.8 Å². The molecule has 2 aromatic heterocycles. The zero-order valence-corrected chi connectivity index (χ0v) is 14.3. The number of piperazine rings is 1. The fraction of sp³-hybridized carbons (Fsp3) is 0.533. The summed E-state index contributed by atoms with van der Waals surface area (Å²) in [6, 6.07) is 2.14. The standard InChI is InChI=1S/C15H22N4O2S/c1-12-7-13(14-8-16-11-18(14)9-12)17-5-6-19(22(4,20)21)15(2,3)10-17/h7-9,11H,5-6,10H2,1-4H3. The molecule has 0 saturated carbocycles. The lowest BCUT2D eigenvalue weighted by Crippen LogP contribution is -2.60. The number of hydrogen-bond acceptors (Lipinski definition) is 4. The summed E-state index contributed by atoms with van der Waals surface area (Å²) in [5.41, 5.74) is 2.88. The number of anilines is 1. The van der Waals surface area contributed by atoms with Gasteiger partial charge in [-0.3, -0.25) is 0 Å². The second kappa shape index (κ2) is 4.96. The highest BCUT2D eigenvalue weighted by atomic mass is 32.2. The Morgan fingerprint density at radius 3 is 2.64 bits per heavy atom. The van der Waals surface area contributed by atoms with Gasteiger partial charge in [0, 0.05) is 31.4 Å². The van der Waals surface area contributed by atoms with Crippen LogP contribution in [-0.2, 0) is 10.0 Å². The Bertz CT molecular complexity index is 810. The molecular formula is C15H22N4O2S. The number of imidazole rings is 1. The third-order valence-electron chi connectivity index (χ3n) is 4.20. The molecule has 1 aliphatic heterocycles. The molecule has 0 aliphatic carbocycles. The van der Waals surface area contributed by atoms with E-state index in [-0.39, 0.29) is 0 Å². The van der Waals surface area contributed by atoms with Crippen LogP contribution in [0.5, 0.6) is 0 Å². The van der Waals surface area contributed by atoms with Crippen LogP contribution in [0.1, 0.15) is 19.4 Å². The van der Waals surface area contributed by atoms with Crippen LogP contribution in [0.15, 0.2) is 24.8 Å². The van der Waals surface area contributed by atoms with Crippen molar-refractivity contribution in [2.24, 2.45) is 0 Å². The number of sulfonamides is 1. The van der Waals surface area contributed by atoms with Crippen molar-refractivity contribution in [3.63, 3.8) is 0 Å². The zero-order valence-electron chi connectivity index (χ0n) is 13.4. The average molecular weight is 322 g/mol. The third kappa shape index (κ3) is 2.59. The van der Waals surface area contributed by atoms with Crippen LogP contribution >= 0.6 is 0 Å². The maximum Gasteiger partial charge on any atom is 0.211 e. The Morgan fingerprint density at radius 1 is 1.27 bits per heavy atom. The van der Waals surface area contributed by atoms with Crippen LogP contribution in [0.2, 0.25) is 0 Å². The SMILES string of the molecule is Cc1cc(N2CCN(S(C)(=O)=O)C(C)(C)C2)c2cncn2c1. The summed E-state index contributed by atoms with van der Waals surface area (Å²) < 4.78 is 27.5. The smallest absolute Gasteiger partial charge is 0.211 e. The second-order valence-electron chi connectivity index (χ2n) is 6.66. The molecule has 6 nitrogen and oxygen atoms in total. The Balaban J connectivity index is 1.99. The molecule has 3 heterocycles. The Morgan fingerprint density at radius 2 is 2.00 bits per heavy atom. The van der Waals surface area contributed by atoms with E-state index in [1.54, 1.807) is 10.6 Å². The topological polar surface area (TPSA) is 57.9 Å². The first-order valence-corrected chi connectivity index (χ1v) is 9.18. The molecule has 1 fully saturated rings. The highest BCUT2D eigenvalue weighted by Crippen LogP contribution is 2.30. The van der Waals surface area contributed by atoms with Gasteiger partial charge in [0.2, 0.25) is 10.0 Å². The molecule has 0 spiro atoms. The van der Waals surface area contributed by atoms with Gasteiger partial charge in [0.05, 0.1) is 30.0 Å². The monoisotopic (exact) mass is 322 g/mol. The Kier molecular flexibility index (Phi) is 3.45. The van der Waals surface area contributed by atoms with Crippen molar-refractivity contribution in [1.29, 1.82) is 0 Å². The van der Waals surface area contributed by atoms with Crippen molar-refractivity contribution in [2.45, 2.75) is 26.3 Å². The normalized spacial score (nSPS) is 19.7. The molecule has 0 aromatic carbocycles. The largest absolute Gasteiger partial charge is 0.367 e. The summed E-state index contributed by atoms with van der Waals surface area (Å²) in [4.78, 5) is 6.47. The molecule has 1 aliphatic rings. The van der Waals surface area contributed by atoms with Crippen molar-refractivity contribution < 1.29 is 8.42 Å². The van der Waals surface area contributed by atoms with Gasteiger partial charge in [0.25, 0.3) is 0 Å². The van der Waals surface area contributed by atoms with E-state index in [1.165, 1.54) is 6.26 Å². The maximum absolute atomic E-state index is 12.0. The Labute approximate surface area is 131 Å². The van der Waals surface area contributed by atoms with Gasteiger partial charge in [0.1, 0.15) is 0 Å². The first-order valence-electron chi connectivity index (χ1n) is 7.33. The predicted molar refractivity (Wildman–Crippen MR) is 87.8 cm³/mol. The molecule has 120 valence electrons. The number of pyridine rings is 1. The number of hydrogen-bond donors (Lipinski definition) is 0. The van der Waals surface area contributed by atoms with E-state index >= 15 is 0 Å². The fourth-order valence-corrected chi connectivity index (χ4v) is 4.73. The lowest BCUT2D eigenvalue weighted by molar-refractivity contribution is 0.206. The van der Waals surface area contributed by atoms with Crippen molar-refractivity contribution in [3.8, 4) is 0 Å². The van der Waals surface area contributed by atoms with Crippen LogP contribution < -0.4 is 4.90 Å². The van der Waals surface area contributed by atoms with Gasteiger partial charge >= 0.3 is 0 Å². The van der Waals surface area contributed by atoms with Gasteiger partial charge in [-0.1, -0.05) is 0 Å². The molecule has 0 radical (unpaired) electrons. The number of fused-ring (bicyclic) bond motifs is 1. The lowest BCUT2D eigenvalue weighted by Gasteiger charge is -2.46. The van der Waals surface area contributed by atoms with Gasteiger partial charge in [-0.2, -0.15) is 4.31 Å². The zero-order chi connectivity index (χ0) is 16.1. The van der Waals surface area contributed by atoms with E-state index in [0.29, 0.717) is 19.6 Å². The van der Waals surface area contributed by atoms with E-state index in [1.807, 2.05) is 30.6 Å². The predicted octanol–water partition coefficient (Wildman–Crippen LogP) is 1.50. The van der Waals surface area contributed by atoms with Gasteiger partial charge in [0.15, 0.2) is 0 Å². The summed E-state index contributed by atoms with van der Waals surface area (Å²) >= 11 is 0. The van der Waals surface area contributed by atoms with E-state index in [2.05, 4.69) is 22.9 Å². The first kappa shape index (κ1) is 15.3. The lowest BCUT2D eigenvalue weighted by atomic mass is 10.0.